The molecule has 1 amide bonds. The first-order chi connectivity index (χ1) is 11.6. The van der Waals surface area contributed by atoms with Crippen LogP contribution in [0, 0.1) is 11.3 Å². The van der Waals surface area contributed by atoms with E-state index >= 15 is 0 Å². The molecule has 0 saturated heterocycles. The Balaban J connectivity index is 1.83. The van der Waals surface area contributed by atoms with E-state index in [2.05, 4.69) is 16.1 Å². The van der Waals surface area contributed by atoms with Crippen LogP contribution in [0.3, 0.4) is 0 Å². The average Bonchev–Trinajstić information content (AvgIpc) is 2.91. The fourth-order valence-electron chi connectivity index (χ4n) is 2.76. The number of nitrogens with zero attached hydrogens (tertiary/aromatic N) is 1. The molecule has 0 aliphatic heterocycles. The highest BCUT2D eigenvalue weighted by Crippen LogP contribution is 2.37. The molecule has 24 heavy (non-hydrogen) atoms. The Morgan fingerprint density at radius 3 is 2.88 bits per heavy atom. The number of hydrogen-bond acceptors (Lipinski definition) is 4. The summed E-state index contributed by atoms with van der Waals surface area (Å²) in [6, 6.07) is 7.75. The van der Waals surface area contributed by atoms with Gasteiger partial charge in [-0.2, -0.15) is 14.0 Å². The molecule has 0 spiro atoms. The fourth-order valence-corrected chi connectivity index (χ4v) is 4.00. The summed E-state index contributed by atoms with van der Waals surface area (Å²) in [7, 11) is 0. The van der Waals surface area contributed by atoms with Crippen LogP contribution in [-0.2, 0) is 12.8 Å². The topological polar surface area (TPSA) is 62.1 Å². The quantitative estimate of drug-likeness (QED) is 0.893. The average molecular weight is 348 g/mol. The van der Waals surface area contributed by atoms with Crippen LogP contribution in [0.1, 0.15) is 39.2 Å². The number of halogens is 2. The van der Waals surface area contributed by atoms with Crippen LogP contribution < -0.4 is 10.1 Å². The van der Waals surface area contributed by atoms with Crippen molar-refractivity contribution in [3.63, 3.8) is 0 Å². The number of hydrogen-bond donors (Lipinski definition) is 1. The number of aryl methyl sites for hydroxylation is 1. The Kier molecular flexibility index (Phi) is 4.76. The number of rotatable bonds is 4. The number of thiophene rings is 1. The summed E-state index contributed by atoms with van der Waals surface area (Å²) in [4.78, 5) is 13.5. The normalized spacial score (nSPS) is 13.2. The lowest BCUT2D eigenvalue weighted by Crippen LogP contribution is -2.12. The molecule has 0 saturated carbocycles. The molecule has 1 aromatic heterocycles. The second-order valence-electron chi connectivity index (χ2n) is 5.39. The van der Waals surface area contributed by atoms with Gasteiger partial charge in [-0.05, 0) is 49.4 Å². The van der Waals surface area contributed by atoms with Crippen molar-refractivity contribution in [2.24, 2.45) is 0 Å². The van der Waals surface area contributed by atoms with Gasteiger partial charge >= 0.3 is 6.61 Å². The summed E-state index contributed by atoms with van der Waals surface area (Å²) in [6.45, 7) is -2.95. The molecule has 3 rings (SSSR count). The second-order valence-corrected chi connectivity index (χ2v) is 6.49. The van der Waals surface area contributed by atoms with Crippen molar-refractivity contribution in [2.75, 3.05) is 5.32 Å². The summed E-state index contributed by atoms with van der Waals surface area (Å²) >= 11 is 1.42. The summed E-state index contributed by atoms with van der Waals surface area (Å²) in [6.07, 6.45) is 3.89. The van der Waals surface area contributed by atoms with Gasteiger partial charge in [-0.3, -0.25) is 4.79 Å². The maximum atomic E-state index is 12.4. The van der Waals surface area contributed by atoms with Crippen LogP contribution in [0.4, 0.5) is 13.8 Å². The molecule has 1 aliphatic rings. The number of anilines is 1. The monoisotopic (exact) mass is 348 g/mol. The molecule has 0 fully saturated rings. The molecule has 0 bridgehead atoms. The number of fused-ring (bicyclic) bond motifs is 1. The summed E-state index contributed by atoms with van der Waals surface area (Å²) < 4.78 is 28.8. The molecule has 0 atom stereocenters. The maximum absolute atomic E-state index is 12.4. The first-order valence-corrected chi connectivity index (χ1v) is 8.31. The maximum Gasteiger partial charge on any atom is 0.387 e. The van der Waals surface area contributed by atoms with Crippen molar-refractivity contribution in [1.82, 2.24) is 0 Å². The highest BCUT2D eigenvalue weighted by atomic mass is 32.1. The summed E-state index contributed by atoms with van der Waals surface area (Å²) in [5.41, 5.74) is 1.74. The minimum atomic E-state index is -2.95. The number of benzene rings is 1. The number of carbonyl (C=O) groups excluding carboxylic acids is 1. The first kappa shape index (κ1) is 16.4. The lowest BCUT2D eigenvalue weighted by molar-refractivity contribution is -0.0498. The lowest BCUT2D eigenvalue weighted by atomic mass is 9.96. The first-order valence-electron chi connectivity index (χ1n) is 7.49. The van der Waals surface area contributed by atoms with Gasteiger partial charge in [0.05, 0.1) is 5.56 Å². The second kappa shape index (κ2) is 6.97. The molecule has 1 heterocycles. The van der Waals surface area contributed by atoms with Gasteiger partial charge in [0, 0.05) is 10.4 Å². The van der Waals surface area contributed by atoms with E-state index in [0.717, 1.165) is 36.1 Å². The van der Waals surface area contributed by atoms with E-state index in [1.54, 1.807) is 0 Å². The van der Waals surface area contributed by atoms with E-state index in [1.165, 1.54) is 35.6 Å². The number of carbonyl (C=O) groups is 1. The number of nitriles is 1. The molecular weight excluding hydrogens is 334 g/mol. The third kappa shape index (κ3) is 3.39. The van der Waals surface area contributed by atoms with Gasteiger partial charge in [0.2, 0.25) is 0 Å². The van der Waals surface area contributed by atoms with E-state index < -0.39 is 12.5 Å². The molecule has 124 valence electrons. The van der Waals surface area contributed by atoms with Crippen LogP contribution in [0.15, 0.2) is 24.3 Å². The molecule has 7 heteroatoms. The zero-order chi connectivity index (χ0) is 17.1. The van der Waals surface area contributed by atoms with Gasteiger partial charge in [0.25, 0.3) is 5.91 Å². The van der Waals surface area contributed by atoms with Crippen molar-refractivity contribution in [1.29, 1.82) is 5.26 Å². The van der Waals surface area contributed by atoms with E-state index in [9.17, 15) is 18.8 Å². The summed E-state index contributed by atoms with van der Waals surface area (Å²) in [5.74, 6) is -0.534. The zero-order valence-corrected chi connectivity index (χ0v) is 13.5. The van der Waals surface area contributed by atoms with E-state index in [0.29, 0.717) is 10.6 Å². The number of amides is 1. The van der Waals surface area contributed by atoms with Crippen LogP contribution >= 0.6 is 11.3 Å². The SMILES string of the molecule is N#Cc1c(NC(=O)c2cccc(OC(F)F)c2)sc2c1CCCC2. The van der Waals surface area contributed by atoms with Crippen molar-refractivity contribution >= 4 is 22.2 Å². The van der Waals surface area contributed by atoms with Crippen LogP contribution in [0.5, 0.6) is 5.75 Å². The van der Waals surface area contributed by atoms with E-state index in [-0.39, 0.29) is 11.3 Å². The highest BCUT2D eigenvalue weighted by molar-refractivity contribution is 7.16. The lowest BCUT2D eigenvalue weighted by Gasteiger charge is -2.09. The number of ether oxygens (including phenoxy) is 1. The zero-order valence-electron chi connectivity index (χ0n) is 12.6. The van der Waals surface area contributed by atoms with E-state index in [4.69, 9.17) is 0 Å². The van der Waals surface area contributed by atoms with Crippen molar-refractivity contribution in [2.45, 2.75) is 32.3 Å². The van der Waals surface area contributed by atoms with Gasteiger partial charge in [-0.1, -0.05) is 6.07 Å². The third-order valence-corrected chi connectivity index (χ3v) is 5.04. The molecule has 4 nitrogen and oxygen atoms in total. The molecule has 0 radical (unpaired) electrons. The van der Waals surface area contributed by atoms with Crippen molar-refractivity contribution < 1.29 is 18.3 Å². The molecule has 1 aliphatic carbocycles. The van der Waals surface area contributed by atoms with Crippen molar-refractivity contribution in [3.8, 4) is 11.8 Å². The highest BCUT2D eigenvalue weighted by Gasteiger charge is 2.22. The van der Waals surface area contributed by atoms with Crippen molar-refractivity contribution in [3.05, 3.63) is 45.8 Å². The standard InChI is InChI=1S/C17H14F2N2O2S/c18-17(19)23-11-5-3-4-10(8-11)15(22)21-16-13(9-20)12-6-1-2-7-14(12)24-16/h3-5,8,17H,1-2,6-7H2,(H,21,22). The molecule has 1 aromatic carbocycles. The van der Waals surface area contributed by atoms with Gasteiger partial charge in [0.1, 0.15) is 16.8 Å². The number of nitrogens with one attached hydrogen (secondary N) is 1. The fraction of sp³-hybridized carbons (Fsp3) is 0.294. The van der Waals surface area contributed by atoms with Gasteiger partial charge in [-0.15, -0.1) is 11.3 Å². The smallest absolute Gasteiger partial charge is 0.387 e. The largest absolute Gasteiger partial charge is 0.435 e. The Bertz CT molecular complexity index is 811. The predicted octanol–water partition coefficient (Wildman–Crippen LogP) is 4.35. The van der Waals surface area contributed by atoms with Gasteiger partial charge < -0.3 is 10.1 Å². The predicted molar refractivity (Wildman–Crippen MR) is 86.7 cm³/mol. The Labute approximate surface area is 141 Å². The van der Waals surface area contributed by atoms with Crippen LogP contribution in [0.2, 0.25) is 0 Å². The minimum absolute atomic E-state index is 0.0800. The van der Waals surface area contributed by atoms with Crippen LogP contribution in [-0.4, -0.2) is 12.5 Å². The van der Waals surface area contributed by atoms with Gasteiger partial charge in [0.15, 0.2) is 0 Å². The number of alkyl halides is 2. The Morgan fingerprint density at radius 1 is 1.33 bits per heavy atom. The Hall–Kier alpha value is -2.46. The van der Waals surface area contributed by atoms with Gasteiger partial charge in [-0.25, -0.2) is 0 Å². The third-order valence-electron chi connectivity index (χ3n) is 3.83. The molecule has 2 aromatic rings. The van der Waals surface area contributed by atoms with Crippen LogP contribution in [0.25, 0.3) is 0 Å². The Morgan fingerprint density at radius 2 is 2.12 bits per heavy atom. The molecular formula is C17H14F2N2O2S. The van der Waals surface area contributed by atoms with E-state index in [1.807, 2.05) is 0 Å². The summed E-state index contributed by atoms with van der Waals surface area (Å²) in [5, 5.41) is 12.6. The molecule has 0 unspecified atom stereocenters. The molecule has 1 N–H and O–H groups in total. The minimum Gasteiger partial charge on any atom is -0.435 e.